The molecule has 12 heteroatoms. The van der Waals surface area contributed by atoms with Crippen molar-refractivity contribution in [3.8, 4) is 0 Å². The van der Waals surface area contributed by atoms with Crippen LogP contribution in [-0.4, -0.2) is 86.1 Å². The van der Waals surface area contributed by atoms with Gasteiger partial charge in [-0.15, -0.1) is 0 Å². The maximum Gasteiger partial charge on any atom is 0.116 e. The van der Waals surface area contributed by atoms with Gasteiger partial charge in [-0.2, -0.15) is 0 Å². The second-order valence-electron chi connectivity index (χ2n) is 6.39. The third-order valence-electron chi connectivity index (χ3n) is 4.38. The van der Waals surface area contributed by atoms with Gasteiger partial charge in [-0.05, 0) is 19.8 Å². The molecule has 5 radical (unpaired) electrons. The molecule has 0 aromatic carbocycles. The van der Waals surface area contributed by atoms with Crippen LogP contribution in [0.2, 0.25) is 0 Å². The molecule has 2 fully saturated rings. The minimum atomic E-state index is -3.77. The van der Waals surface area contributed by atoms with E-state index in [9.17, 15) is 4.89 Å². The first-order valence-corrected chi connectivity index (χ1v) is 10.6. The number of hydrogen-bond acceptors (Lipinski definition) is 8. The summed E-state index contributed by atoms with van der Waals surface area (Å²) in [5, 5.41) is 0. The predicted molar refractivity (Wildman–Crippen MR) is 96.2 cm³/mol. The summed E-state index contributed by atoms with van der Waals surface area (Å²) in [6, 6.07) is -0.785. The van der Waals surface area contributed by atoms with Crippen molar-refractivity contribution in [1.29, 1.82) is 0 Å². The number of rotatable bonds is 9. The Balaban J connectivity index is 1.92. The van der Waals surface area contributed by atoms with Crippen molar-refractivity contribution in [2.45, 2.75) is 55.7 Å². The van der Waals surface area contributed by atoms with Crippen LogP contribution >= 0.6 is 6.72 Å². The molecule has 2 saturated heterocycles. The minimum Gasteiger partial charge on any atom is -0.780 e. The van der Waals surface area contributed by atoms with E-state index in [1.54, 1.807) is 14.0 Å². The largest absolute Gasteiger partial charge is 0.780 e. The lowest BCUT2D eigenvalue weighted by Gasteiger charge is -2.37. The van der Waals surface area contributed by atoms with Gasteiger partial charge in [-0.25, -0.2) is 0 Å². The van der Waals surface area contributed by atoms with Crippen LogP contribution in [0.5, 0.6) is 0 Å². The normalized spacial score (nSPS) is 40.9. The van der Waals surface area contributed by atoms with Gasteiger partial charge >= 0.3 is 0 Å². The summed E-state index contributed by atoms with van der Waals surface area (Å²) < 4.78 is 32.7. The highest BCUT2D eigenvalue weighted by molar-refractivity contribution is 8.06. The molecule has 0 saturated carbocycles. The summed E-state index contributed by atoms with van der Waals surface area (Å²) in [5.74, 6) is 0. The van der Waals surface area contributed by atoms with Crippen LogP contribution in [0, 0.1) is 0 Å². The topological polar surface area (TPSA) is 78.4 Å². The van der Waals surface area contributed by atoms with Gasteiger partial charge < -0.3 is 32.9 Å². The summed E-state index contributed by atoms with van der Waals surface area (Å²) in [4.78, 5) is 12.6. The predicted octanol–water partition coefficient (Wildman–Crippen LogP) is -0.789. The van der Waals surface area contributed by atoms with Gasteiger partial charge in [0, 0.05) is 34.0 Å². The van der Waals surface area contributed by atoms with Crippen LogP contribution in [-0.2, 0) is 39.8 Å². The summed E-state index contributed by atoms with van der Waals surface area (Å²) >= 11 is 5.02. The van der Waals surface area contributed by atoms with E-state index < -0.39 is 30.5 Å². The van der Waals surface area contributed by atoms with Crippen molar-refractivity contribution in [3.63, 3.8) is 0 Å². The van der Waals surface area contributed by atoms with Crippen molar-refractivity contribution in [2.24, 2.45) is 0 Å². The zero-order valence-corrected chi connectivity index (χ0v) is 16.4. The lowest BCUT2D eigenvalue weighted by Crippen LogP contribution is -2.42. The van der Waals surface area contributed by atoms with E-state index in [1.807, 2.05) is 0 Å². The fraction of sp³-hybridized carbons (Fsp3) is 1.00. The quantitative estimate of drug-likeness (QED) is 0.377. The Morgan fingerprint density at radius 1 is 1.40 bits per heavy atom. The van der Waals surface area contributed by atoms with E-state index in [0.29, 0.717) is 12.8 Å². The molecule has 1 unspecified atom stereocenters. The fourth-order valence-corrected chi connectivity index (χ4v) is 4.62. The van der Waals surface area contributed by atoms with Gasteiger partial charge in [0.2, 0.25) is 0 Å². The highest BCUT2D eigenvalue weighted by Gasteiger charge is 2.45. The van der Waals surface area contributed by atoms with Gasteiger partial charge in [-0.3, -0.25) is 0 Å². The van der Waals surface area contributed by atoms with E-state index in [4.69, 9.17) is 55.4 Å². The maximum atomic E-state index is 12.6. The smallest absolute Gasteiger partial charge is 0.116 e. The van der Waals surface area contributed by atoms with Crippen molar-refractivity contribution in [2.75, 3.05) is 27.4 Å². The maximum absolute atomic E-state index is 12.6. The average molecular weight is 386 g/mol. The van der Waals surface area contributed by atoms with E-state index in [0.717, 1.165) is 0 Å². The first kappa shape index (κ1) is 21.9. The van der Waals surface area contributed by atoms with Crippen molar-refractivity contribution >= 4 is 41.3 Å². The Kier molecular flexibility index (Phi) is 8.02. The Morgan fingerprint density at radius 3 is 2.72 bits per heavy atom. The molecule has 2 rings (SSSR count). The summed E-state index contributed by atoms with van der Waals surface area (Å²) in [6.45, 7) is -1.80. The van der Waals surface area contributed by atoms with Crippen LogP contribution in [0.4, 0.5) is 0 Å². The van der Waals surface area contributed by atoms with Crippen LogP contribution in [0.3, 0.4) is 0 Å². The summed E-state index contributed by atoms with van der Waals surface area (Å²) in [6.07, 6.45) is -0.308. The second kappa shape index (κ2) is 9.17. The molecular formula is C13H22B3O7PS-. The SMILES string of the molecule is [B][B][C@H]1C[C@@H](OC)[C@@H](COP([O-])(=S)O[C@@H]2C[C@H]([B])O[C@]2(C)COC)O1. The molecule has 2 aliphatic rings. The Labute approximate surface area is 157 Å². The van der Waals surface area contributed by atoms with Crippen molar-refractivity contribution in [3.05, 3.63) is 0 Å². The molecule has 0 N–H and O–H groups in total. The zero-order valence-electron chi connectivity index (χ0n) is 14.7. The van der Waals surface area contributed by atoms with Gasteiger partial charge in [-0.1, -0.05) is 11.8 Å². The van der Waals surface area contributed by atoms with E-state index in [1.165, 1.54) is 14.3 Å². The minimum absolute atomic E-state index is 0.0236. The molecule has 0 bridgehead atoms. The standard InChI is InChI=1S/C13H23B3O7PS/c1-13(7-18-2)10(5-11(14)22-13)23-24(17,25)20-6-9-8(19-3)4-12(16-15)21-9/h8-12H,4-7H2,1-3H3,(H,17,25)/p-1/t8-,9-,10-,11-,12-,13-,24?/m1/s1. The van der Waals surface area contributed by atoms with E-state index in [2.05, 4.69) is 0 Å². The Bertz CT molecular complexity index is 491. The molecular weight excluding hydrogens is 364 g/mol. The molecule has 0 aromatic heterocycles. The molecule has 137 valence electrons. The first-order chi connectivity index (χ1) is 11.7. The molecule has 2 heterocycles. The van der Waals surface area contributed by atoms with Crippen molar-refractivity contribution in [1.82, 2.24) is 0 Å². The molecule has 7 atom stereocenters. The summed E-state index contributed by atoms with van der Waals surface area (Å²) in [7, 11) is 15.9. The molecule has 0 aromatic rings. The molecule has 25 heavy (non-hydrogen) atoms. The number of hydrogen-bond donors (Lipinski definition) is 0. The Morgan fingerprint density at radius 2 is 2.12 bits per heavy atom. The molecule has 7 nitrogen and oxygen atoms in total. The van der Waals surface area contributed by atoms with Gasteiger partial charge in [0.15, 0.2) is 0 Å². The highest BCUT2D eigenvalue weighted by atomic mass is 32.5. The average Bonchev–Trinajstić information content (AvgIpc) is 3.06. The van der Waals surface area contributed by atoms with Gasteiger partial charge in [0.1, 0.15) is 26.3 Å². The lowest BCUT2D eigenvalue weighted by atomic mass is 9.51. The van der Waals surface area contributed by atoms with E-state index >= 15 is 0 Å². The van der Waals surface area contributed by atoms with Crippen LogP contribution in [0.1, 0.15) is 19.8 Å². The second-order valence-corrected chi connectivity index (χ2v) is 9.10. The summed E-state index contributed by atoms with van der Waals surface area (Å²) in [5.41, 5.74) is -0.843. The number of ether oxygens (including phenoxy) is 4. The van der Waals surface area contributed by atoms with Gasteiger partial charge in [0.05, 0.1) is 32.6 Å². The zero-order chi connectivity index (χ0) is 18.7. The van der Waals surface area contributed by atoms with Crippen LogP contribution in [0.15, 0.2) is 0 Å². The molecule has 2 aliphatic heterocycles. The molecule has 0 spiro atoms. The van der Waals surface area contributed by atoms with Crippen molar-refractivity contribution < 1.29 is 32.9 Å². The van der Waals surface area contributed by atoms with E-state index in [-0.39, 0.29) is 25.3 Å². The molecule has 0 amide bonds. The van der Waals surface area contributed by atoms with Crippen LogP contribution in [0.25, 0.3) is 0 Å². The third-order valence-corrected chi connectivity index (χ3v) is 5.93. The first-order valence-electron chi connectivity index (χ1n) is 8.02. The lowest BCUT2D eigenvalue weighted by molar-refractivity contribution is -0.219. The Hall–Kier alpha value is 0.565. The molecule has 0 aliphatic carbocycles. The fourth-order valence-electron chi connectivity index (χ4n) is 3.12. The monoisotopic (exact) mass is 386 g/mol. The number of methoxy groups -OCH3 is 2. The van der Waals surface area contributed by atoms with Crippen LogP contribution < -0.4 is 4.89 Å². The highest BCUT2D eigenvalue weighted by Crippen LogP contribution is 2.46. The van der Waals surface area contributed by atoms with Gasteiger partial charge in [0.25, 0.3) is 0 Å². The third kappa shape index (κ3) is 5.77.